The molecule has 14 heavy (non-hydrogen) atoms. The SMILES string of the molecule is CCOC(=O)C1CCCN(C(C)C)C1. The molecule has 3 heteroatoms. The zero-order valence-corrected chi connectivity index (χ0v) is 9.45. The van der Waals surface area contributed by atoms with E-state index in [2.05, 4.69) is 18.7 Å². The van der Waals surface area contributed by atoms with Gasteiger partial charge in [0.1, 0.15) is 0 Å². The average Bonchev–Trinajstić information content (AvgIpc) is 2.18. The molecule has 1 rings (SSSR count). The molecule has 1 unspecified atom stereocenters. The summed E-state index contributed by atoms with van der Waals surface area (Å²) in [4.78, 5) is 13.9. The van der Waals surface area contributed by atoms with Crippen LogP contribution < -0.4 is 0 Å². The first kappa shape index (κ1) is 11.5. The van der Waals surface area contributed by atoms with E-state index in [9.17, 15) is 4.79 Å². The van der Waals surface area contributed by atoms with Gasteiger partial charge in [-0.15, -0.1) is 0 Å². The molecule has 3 nitrogen and oxygen atoms in total. The van der Waals surface area contributed by atoms with E-state index in [1.807, 2.05) is 6.92 Å². The molecule has 1 atom stereocenters. The molecule has 0 spiro atoms. The largest absolute Gasteiger partial charge is 0.466 e. The molecule has 0 aromatic carbocycles. The molecule has 0 amide bonds. The molecule has 0 radical (unpaired) electrons. The van der Waals surface area contributed by atoms with E-state index in [1.54, 1.807) is 0 Å². The Kier molecular flexibility index (Phi) is 4.39. The van der Waals surface area contributed by atoms with E-state index in [0.29, 0.717) is 12.6 Å². The third-order valence-corrected chi connectivity index (χ3v) is 2.80. The van der Waals surface area contributed by atoms with E-state index in [4.69, 9.17) is 4.74 Å². The maximum Gasteiger partial charge on any atom is 0.310 e. The van der Waals surface area contributed by atoms with Gasteiger partial charge in [0, 0.05) is 12.6 Å². The van der Waals surface area contributed by atoms with Crippen molar-refractivity contribution in [1.29, 1.82) is 0 Å². The van der Waals surface area contributed by atoms with Gasteiger partial charge in [-0.1, -0.05) is 0 Å². The summed E-state index contributed by atoms with van der Waals surface area (Å²) in [5, 5.41) is 0. The molecule has 1 heterocycles. The van der Waals surface area contributed by atoms with Gasteiger partial charge in [-0.2, -0.15) is 0 Å². The number of esters is 1. The summed E-state index contributed by atoms with van der Waals surface area (Å²) in [6.45, 7) is 8.70. The topological polar surface area (TPSA) is 29.5 Å². The van der Waals surface area contributed by atoms with Gasteiger partial charge in [-0.25, -0.2) is 0 Å². The van der Waals surface area contributed by atoms with Crippen molar-refractivity contribution in [2.75, 3.05) is 19.7 Å². The number of carbonyl (C=O) groups is 1. The summed E-state index contributed by atoms with van der Waals surface area (Å²) < 4.78 is 5.04. The maximum atomic E-state index is 11.5. The first-order chi connectivity index (χ1) is 6.65. The van der Waals surface area contributed by atoms with Gasteiger partial charge in [0.05, 0.1) is 12.5 Å². The van der Waals surface area contributed by atoms with Crippen LogP contribution in [0.3, 0.4) is 0 Å². The number of likely N-dealkylation sites (tertiary alicyclic amines) is 1. The number of nitrogens with zero attached hydrogens (tertiary/aromatic N) is 1. The fourth-order valence-corrected chi connectivity index (χ4v) is 1.93. The first-order valence-corrected chi connectivity index (χ1v) is 5.55. The van der Waals surface area contributed by atoms with Crippen molar-refractivity contribution < 1.29 is 9.53 Å². The summed E-state index contributed by atoms with van der Waals surface area (Å²) in [6.07, 6.45) is 2.10. The zero-order chi connectivity index (χ0) is 10.6. The molecule has 1 aliphatic heterocycles. The molecule has 82 valence electrons. The van der Waals surface area contributed by atoms with Gasteiger partial charge in [-0.05, 0) is 40.2 Å². The minimum Gasteiger partial charge on any atom is -0.466 e. The third-order valence-electron chi connectivity index (χ3n) is 2.80. The van der Waals surface area contributed by atoms with Crippen LogP contribution in [-0.4, -0.2) is 36.6 Å². The zero-order valence-electron chi connectivity index (χ0n) is 9.45. The van der Waals surface area contributed by atoms with Crippen LogP contribution in [0.5, 0.6) is 0 Å². The van der Waals surface area contributed by atoms with Gasteiger partial charge in [-0.3, -0.25) is 4.79 Å². The van der Waals surface area contributed by atoms with E-state index in [-0.39, 0.29) is 11.9 Å². The molecule has 1 saturated heterocycles. The van der Waals surface area contributed by atoms with Crippen LogP contribution in [0.4, 0.5) is 0 Å². The lowest BCUT2D eigenvalue weighted by Gasteiger charge is -2.34. The van der Waals surface area contributed by atoms with Gasteiger partial charge < -0.3 is 9.64 Å². The summed E-state index contributed by atoms with van der Waals surface area (Å²) in [5.74, 6) is 0.0870. The smallest absolute Gasteiger partial charge is 0.310 e. The van der Waals surface area contributed by atoms with Crippen molar-refractivity contribution in [3.63, 3.8) is 0 Å². The summed E-state index contributed by atoms with van der Waals surface area (Å²) >= 11 is 0. The Morgan fingerprint density at radius 3 is 2.86 bits per heavy atom. The summed E-state index contributed by atoms with van der Waals surface area (Å²) in [5.41, 5.74) is 0. The van der Waals surface area contributed by atoms with E-state index in [0.717, 1.165) is 25.9 Å². The minimum absolute atomic E-state index is 0.0159. The first-order valence-electron chi connectivity index (χ1n) is 5.55. The monoisotopic (exact) mass is 199 g/mol. The van der Waals surface area contributed by atoms with Crippen LogP contribution in [0, 0.1) is 5.92 Å². The van der Waals surface area contributed by atoms with Gasteiger partial charge in [0.2, 0.25) is 0 Å². The van der Waals surface area contributed by atoms with Crippen LogP contribution in [0.15, 0.2) is 0 Å². The molecular formula is C11H21NO2. The number of ether oxygens (including phenoxy) is 1. The Labute approximate surface area is 86.4 Å². The van der Waals surface area contributed by atoms with E-state index in [1.165, 1.54) is 0 Å². The van der Waals surface area contributed by atoms with Crippen molar-refractivity contribution in [2.45, 2.75) is 39.7 Å². The number of carbonyl (C=O) groups excluding carboxylic acids is 1. The Morgan fingerprint density at radius 1 is 1.57 bits per heavy atom. The molecule has 0 bridgehead atoms. The van der Waals surface area contributed by atoms with E-state index >= 15 is 0 Å². The molecule has 0 saturated carbocycles. The highest BCUT2D eigenvalue weighted by Gasteiger charge is 2.27. The molecule has 0 aliphatic carbocycles. The van der Waals surface area contributed by atoms with Crippen LogP contribution >= 0.6 is 0 Å². The van der Waals surface area contributed by atoms with Crippen molar-refractivity contribution in [1.82, 2.24) is 4.90 Å². The van der Waals surface area contributed by atoms with Gasteiger partial charge in [0.15, 0.2) is 0 Å². The summed E-state index contributed by atoms with van der Waals surface area (Å²) in [6, 6.07) is 0.534. The lowest BCUT2D eigenvalue weighted by atomic mass is 9.97. The minimum atomic E-state index is -0.0159. The predicted octanol–water partition coefficient (Wildman–Crippen LogP) is 1.67. The van der Waals surface area contributed by atoms with Crippen LogP contribution in [0.25, 0.3) is 0 Å². The Hall–Kier alpha value is -0.570. The standard InChI is InChI=1S/C11H21NO2/c1-4-14-11(13)10-6-5-7-12(8-10)9(2)3/h9-10H,4-8H2,1-3H3. The van der Waals surface area contributed by atoms with Crippen molar-refractivity contribution in [3.8, 4) is 0 Å². The molecule has 0 aromatic heterocycles. The molecule has 1 fully saturated rings. The second kappa shape index (κ2) is 5.35. The van der Waals surface area contributed by atoms with Crippen LogP contribution in [0.1, 0.15) is 33.6 Å². The van der Waals surface area contributed by atoms with Crippen molar-refractivity contribution >= 4 is 5.97 Å². The highest BCUT2D eigenvalue weighted by molar-refractivity contribution is 5.72. The Balaban J connectivity index is 2.43. The Morgan fingerprint density at radius 2 is 2.29 bits per heavy atom. The molecular weight excluding hydrogens is 178 g/mol. The second-order valence-corrected chi connectivity index (χ2v) is 4.18. The number of piperidine rings is 1. The fourth-order valence-electron chi connectivity index (χ4n) is 1.93. The molecule has 0 aromatic rings. The van der Waals surface area contributed by atoms with E-state index < -0.39 is 0 Å². The van der Waals surface area contributed by atoms with Gasteiger partial charge >= 0.3 is 5.97 Å². The predicted molar refractivity (Wildman–Crippen MR) is 56.1 cm³/mol. The number of hydrogen-bond acceptors (Lipinski definition) is 3. The highest BCUT2D eigenvalue weighted by Crippen LogP contribution is 2.19. The average molecular weight is 199 g/mol. The lowest BCUT2D eigenvalue weighted by Crippen LogP contribution is -2.42. The summed E-state index contributed by atoms with van der Waals surface area (Å²) in [7, 11) is 0. The quantitative estimate of drug-likeness (QED) is 0.648. The maximum absolute atomic E-state index is 11.5. The van der Waals surface area contributed by atoms with Crippen LogP contribution in [0.2, 0.25) is 0 Å². The normalized spacial score (nSPS) is 23.9. The van der Waals surface area contributed by atoms with Gasteiger partial charge in [0.25, 0.3) is 0 Å². The molecule has 0 N–H and O–H groups in total. The molecule has 1 aliphatic rings. The fraction of sp³-hybridized carbons (Fsp3) is 0.909. The van der Waals surface area contributed by atoms with Crippen molar-refractivity contribution in [2.24, 2.45) is 5.92 Å². The second-order valence-electron chi connectivity index (χ2n) is 4.18. The highest BCUT2D eigenvalue weighted by atomic mass is 16.5. The van der Waals surface area contributed by atoms with Crippen LogP contribution in [-0.2, 0) is 9.53 Å². The Bertz CT molecular complexity index is 192. The third kappa shape index (κ3) is 2.98. The number of rotatable bonds is 3. The number of hydrogen-bond donors (Lipinski definition) is 0. The van der Waals surface area contributed by atoms with Crippen molar-refractivity contribution in [3.05, 3.63) is 0 Å². The lowest BCUT2D eigenvalue weighted by molar-refractivity contribution is -0.150.